The molecule has 0 aliphatic heterocycles. The largest absolute Gasteiger partial charge is 0.446 e. The van der Waals surface area contributed by atoms with Crippen molar-refractivity contribution >= 4 is 6.09 Å². The number of nitrogens with one attached hydrogen (secondary N) is 1. The maximum atomic E-state index is 11.7. The lowest BCUT2D eigenvalue weighted by Crippen LogP contribution is -2.37. The van der Waals surface area contributed by atoms with Gasteiger partial charge >= 0.3 is 6.09 Å². The van der Waals surface area contributed by atoms with E-state index in [-0.39, 0.29) is 12.2 Å². The molecule has 0 radical (unpaired) electrons. The van der Waals surface area contributed by atoms with Crippen LogP contribution in [0, 0.1) is 11.8 Å². The highest BCUT2D eigenvalue weighted by atomic mass is 16.6. The second-order valence-corrected chi connectivity index (χ2v) is 5.41. The van der Waals surface area contributed by atoms with Gasteiger partial charge in [-0.3, -0.25) is 0 Å². The van der Waals surface area contributed by atoms with Crippen molar-refractivity contribution in [1.82, 2.24) is 5.32 Å². The molecule has 1 amide bonds. The van der Waals surface area contributed by atoms with Gasteiger partial charge in [-0.05, 0) is 37.5 Å². The highest BCUT2D eigenvalue weighted by molar-refractivity contribution is 5.67. The van der Waals surface area contributed by atoms with Crippen molar-refractivity contribution in [2.75, 3.05) is 20.3 Å². The Labute approximate surface area is 110 Å². The van der Waals surface area contributed by atoms with E-state index < -0.39 is 0 Å². The van der Waals surface area contributed by atoms with Gasteiger partial charge < -0.3 is 14.8 Å². The number of alkyl carbamates (subject to hydrolysis) is 1. The minimum absolute atomic E-state index is 0.0983. The highest BCUT2D eigenvalue weighted by Crippen LogP contribution is 2.32. The minimum Gasteiger partial charge on any atom is -0.446 e. The molecule has 0 aromatic heterocycles. The molecule has 1 fully saturated rings. The van der Waals surface area contributed by atoms with Gasteiger partial charge in [0.15, 0.2) is 0 Å². The fourth-order valence-electron chi connectivity index (χ4n) is 2.62. The molecule has 0 spiro atoms. The predicted molar refractivity (Wildman–Crippen MR) is 71.6 cm³/mol. The lowest BCUT2D eigenvalue weighted by Gasteiger charge is -2.33. The minimum atomic E-state index is -0.274. The number of carbonyl (C=O) groups is 1. The van der Waals surface area contributed by atoms with Crippen molar-refractivity contribution in [3.8, 4) is 0 Å². The summed E-state index contributed by atoms with van der Waals surface area (Å²) < 4.78 is 10.5. The Kier molecular flexibility index (Phi) is 7.09. The normalized spacial score (nSPS) is 24.0. The number of methoxy groups -OCH3 is 1. The number of ether oxygens (including phenoxy) is 2. The Bertz CT molecular complexity index is 243. The molecule has 1 aliphatic carbocycles. The van der Waals surface area contributed by atoms with Gasteiger partial charge in [-0.15, -0.1) is 0 Å². The van der Waals surface area contributed by atoms with E-state index in [1.54, 1.807) is 7.11 Å². The Morgan fingerprint density at radius 3 is 2.72 bits per heavy atom. The second-order valence-electron chi connectivity index (χ2n) is 5.41. The van der Waals surface area contributed by atoms with Crippen LogP contribution >= 0.6 is 0 Å². The molecular weight excluding hydrogens is 230 g/mol. The lowest BCUT2D eigenvalue weighted by atomic mass is 9.79. The van der Waals surface area contributed by atoms with Crippen molar-refractivity contribution in [3.63, 3.8) is 0 Å². The topological polar surface area (TPSA) is 47.6 Å². The lowest BCUT2D eigenvalue weighted by molar-refractivity contribution is 0.0203. The van der Waals surface area contributed by atoms with Crippen molar-refractivity contribution in [1.29, 1.82) is 0 Å². The van der Waals surface area contributed by atoms with Gasteiger partial charge in [-0.2, -0.15) is 0 Å². The summed E-state index contributed by atoms with van der Waals surface area (Å²) in [6, 6.07) is 0. The zero-order chi connectivity index (χ0) is 13.4. The van der Waals surface area contributed by atoms with Gasteiger partial charge in [-0.1, -0.05) is 20.3 Å². The predicted octanol–water partition coefficient (Wildman–Crippen LogP) is 2.96. The van der Waals surface area contributed by atoms with E-state index in [1.807, 2.05) is 0 Å². The van der Waals surface area contributed by atoms with Crippen molar-refractivity contribution in [2.24, 2.45) is 11.8 Å². The molecule has 1 aliphatic rings. The molecule has 1 rings (SSSR count). The zero-order valence-electron chi connectivity index (χ0n) is 11.9. The maximum absolute atomic E-state index is 11.7. The van der Waals surface area contributed by atoms with Crippen LogP contribution < -0.4 is 5.32 Å². The Hall–Kier alpha value is -0.770. The third-order valence-corrected chi connectivity index (χ3v) is 3.66. The molecule has 18 heavy (non-hydrogen) atoms. The van der Waals surface area contributed by atoms with Crippen LogP contribution in [0.15, 0.2) is 0 Å². The van der Waals surface area contributed by atoms with Crippen LogP contribution in [0.5, 0.6) is 0 Å². The first-order chi connectivity index (χ1) is 8.65. The van der Waals surface area contributed by atoms with Gasteiger partial charge in [0.1, 0.15) is 6.10 Å². The van der Waals surface area contributed by atoms with Gasteiger partial charge in [-0.25, -0.2) is 4.79 Å². The molecule has 4 nitrogen and oxygen atoms in total. The zero-order valence-corrected chi connectivity index (χ0v) is 11.9. The van der Waals surface area contributed by atoms with Crippen LogP contribution in [0.3, 0.4) is 0 Å². The van der Waals surface area contributed by atoms with Crippen LogP contribution in [0.4, 0.5) is 4.79 Å². The first-order valence-electron chi connectivity index (χ1n) is 7.08. The summed E-state index contributed by atoms with van der Waals surface area (Å²) in [5, 5.41) is 2.78. The summed E-state index contributed by atoms with van der Waals surface area (Å²) in [4.78, 5) is 11.7. The second kappa shape index (κ2) is 8.35. The van der Waals surface area contributed by atoms with E-state index in [9.17, 15) is 4.79 Å². The first-order valence-corrected chi connectivity index (χ1v) is 7.08. The van der Waals surface area contributed by atoms with Crippen LogP contribution in [0.25, 0.3) is 0 Å². The van der Waals surface area contributed by atoms with Crippen LogP contribution in [0.2, 0.25) is 0 Å². The molecule has 0 heterocycles. The standard InChI is InChI=1S/C14H27NO3/c1-11(2)12-7-4-5-8-13(12)18-14(16)15-9-6-10-17-3/h11-13H,4-10H2,1-3H3,(H,15,16). The molecule has 2 atom stereocenters. The average Bonchev–Trinajstić information content (AvgIpc) is 2.35. The fourth-order valence-corrected chi connectivity index (χ4v) is 2.62. The van der Waals surface area contributed by atoms with E-state index in [0.29, 0.717) is 25.0 Å². The monoisotopic (exact) mass is 257 g/mol. The summed E-state index contributed by atoms with van der Waals surface area (Å²) in [6.07, 6.45) is 5.27. The van der Waals surface area contributed by atoms with Gasteiger partial charge in [0.25, 0.3) is 0 Å². The Morgan fingerprint density at radius 2 is 2.06 bits per heavy atom. The summed E-state index contributed by atoms with van der Waals surface area (Å²) in [5.41, 5.74) is 0. The number of carbonyl (C=O) groups excluding carboxylic acids is 1. The summed E-state index contributed by atoms with van der Waals surface area (Å²) in [6.45, 7) is 5.70. The van der Waals surface area contributed by atoms with E-state index in [2.05, 4.69) is 19.2 Å². The van der Waals surface area contributed by atoms with E-state index >= 15 is 0 Å². The highest BCUT2D eigenvalue weighted by Gasteiger charge is 2.30. The van der Waals surface area contributed by atoms with Crippen LogP contribution in [-0.4, -0.2) is 32.5 Å². The van der Waals surface area contributed by atoms with Gasteiger partial charge in [0.2, 0.25) is 0 Å². The number of hydrogen-bond donors (Lipinski definition) is 1. The third kappa shape index (κ3) is 5.25. The molecule has 1 saturated carbocycles. The van der Waals surface area contributed by atoms with Crippen molar-refractivity contribution in [3.05, 3.63) is 0 Å². The van der Waals surface area contributed by atoms with E-state index in [4.69, 9.17) is 9.47 Å². The molecule has 4 heteroatoms. The SMILES string of the molecule is COCCCNC(=O)OC1CCCCC1C(C)C. The fraction of sp³-hybridized carbons (Fsp3) is 0.929. The number of hydrogen-bond acceptors (Lipinski definition) is 3. The smallest absolute Gasteiger partial charge is 0.407 e. The third-order valence-electron chi connectivity index (χ3n) is 3.66. The molecule has 106 valence electrons. The Balaban J connectivity index is 2.28. The summed E-state index contributed by atoms with van der Waals surface area (Å²) >= 11 is 0. The molecule has 0 bridgehead atoms. The quantitative estimate of drug-likeness (QED) is 0.744. The molecular formula is C14H27NO3. The van der Waals surface area contributed by atoms with Gasteiger partial charge in [0, 0.05) is 20.3 Å². The van der Waals surface area contributed by atoms with Crippen molar-refractivity contribution in [2.45, 2.75) is 52.1 Å². The van der Waals surface area contributed by atoms with E-state index in [0.717, 1.165) is 12.8 Å². The molecule has 0 aromatic carbocycles. The van der Waals surface area contributed by atoms with Crippen LogP contribution in [-0.2, 0) is 9.47 Å². The molecule has 2 unspecified atom stereocenters. The summed E-state index contributed by atoms with van der Waals surface area (Å²) in [5.74, 6) is 1.10. The number of rotatable bonds is 6. The number of amides is 1. The summed E-state index contributed by atoms with van der Waals surface area (Å²) in [7, 11) is 1.66. The van der Waals surface area contributed by atoms with Crippen molar-refractivity contribution < 1.29 is 14.3 Å². The molecule has 1 N–H and O–H groups in total. The van der Waals surface area contributed by atoms with Crippen LogP contribution in [0.1, 0.15) is 46.0 Å². The molecule has 0 aromatic rings. The Morgan fingerprint density at radius 1 is 1.33 bits per heavy atom. The van der Waals surface area contributed by atoms with E-state index in [1.165, 1.54) is 19.3 Å². The average molecular weight is 257 g/mol. The first kappa shape index (κ1) is 15.3. The maximum Gasteiger partial charge on any atom is 0.407 e. The van der Waals surface area contributed by atoms with Gasteiger partial charge in [0.05, 0.1) is 0 Å². The molecule has 0 saturated heterocycles.